The van der Waals surface area contributed by atoms with Gasteiger partial charge < -0.3 is 23.7 Å². The second-order valence-corrected chi connectivity index (χ2v) is 11.8. The van der Waals surface area contributed by atoms with Crippen LogP contribution in [0.3, 0.4) is 0 Å². The number of benzene rings is 3. The number of hydrogen-bond acceptors (Lipinski definition) is 8. The monoisotopic (exact) mass is 635 g/mol. The predicted octanol–water partition coefficient (Wildman–Crippen LogP) is 4.13. The van der Waals surface area contributed by atoms with E-state index in [4.69, 9.17) is 23.7 Å². The number of aromatic nitrogens is 2. The Morgan fingerprint density at radius 2 is 1.44 bits per heavy atom. The Hall–Kier alpha value is -4.12. The van der Waals surface area contributed by atoms with Crippen LogP contribution in [0.5, 0.6) is 11.5 Å². The lowest BCUT2D eigenvalue weighted by atomic mass is 9.80. The van der Waals surface area contributed by atoms with Crippen molar-refractivity contribution >= 4 is 8.03 Å². The summed E-state index contributed by atoms with van der Waals surface area (Å²) in [5.74, 6) is 0.718. The van der Waals surface area contributed by atoms with E-state index in [0.717, 1.165) is 16.7 Å². The van der Waals surface area contributed by atoms with Gasteiger partial charge in [0, 0.05) is 18.9 Å². The minimum Gasteiger partial charge on any atom is -0.497 e. The van der Waals surface area contributed by atoms with Gasteiger partial charge >= 0.3 is 13.7 Å². The van der Waals surface area contributed by atoms with E-state index in [9.17, 15) is 19.0 Å². The van der Waals surface area contributed by atoms with Gasteiger partial charge in [-0.2, -0.15) is 4.89 Å². The van der Waals surface area contributed by atoms with E-state index < -0.39 is 49.2 Å². The summed E-state index contributed by atoms with van der Waals surface area (Å²) in [4.78, 5) is 37.3. The molecule has 1 fully saturated rings. The molecular formula is C33H36N2O9P+. The fraction of sp³-hybridized carbons (Fsp3) is 0.333. The van der Waals surface area contributed by atoms with Gasteiger partial charge in [-0.15, -0.1) is 0 Å². The lowest BCUT2D eigenvalue weighted by Gasteiger charge is -2.37. The molecule has 3 aromatic carbocycles. The molecule has 1 unspecified atom stereocenters. The molecule has 0 amide bonds. The number of rotatable bonds is 12. The second kappa shape index (κ2) is 13.9. The average molecular weight is 636 g/mol. The number of aryl methyl sites for hydroxylation is 1. The van der Waals surface area contributed by atoms with Gasteiger partial charge in [-0.3, -0.25) is 14.3 Å². The van der Waals surface area contributed by atoms with Crippen molar-refractivity contribution in [1.82, 2.24) is 9.55 Å². The predicted molar refractivity (Wildman–Crippen MR) is 167 cm³/mol. The van der Waals surface area contributed by atoms with Crippen LogP contribution >= 0.6 is 8.03 Å². The smallest absolute Gasteiger partial charge is 0.497 e. The van der Waals surface area contributed by atoms with Crippen molar-refractivity contribution in [2.24, 2.45) is 5.92 Å². The Morgan fingerprint density at radius 1 is 0.889 bits per heavy atom. The summed E-state index contributed by atoms with van der Waals surface area (Å²) in [5.41, 5.74) is 0.382. The molecular weight excluding hydrogens is 599 g/mol. The van der Waals surface area contributed by atoms with Crippen LogP contribution in [0, 0.1) is 12.8 Å². The number of hydrogen-bond donors (Lipinski definition) is 2. The number of methoxy groups -OCH3 is 3. The third-order valence-electron chi connectivity index (χ3n) is 8.19. The molecule has 0 radical (unpaired) electrons. The van der Waals surface area contributed by atoms with Crippen LogP contribution in [-0.2, 0) is 24.4 Å². The zero-order chi connectivity index (χ0) is 32.1. The number of ether oxygens (including phenoxy) is 5. The van der Waals surface area contributed by atoms with Crippen LogP contribution in [0.15, 0.2) is 94.6 Å². The Morgan fingerprint density at radius 3 is 1.96 bits per heavy atom. The molecule has 12 heteroatoms. The van der Waals surface area contributed by atoms with E-state index >= 15 is 0 Å². The normalized spacial score (nSPS) is 20.2. The zero-order valence-corrected chi connectivity index (χ0v) is 26.3. The third kappa shape index (κ3) is 6.49. The Bertz CT molecular complexity index is 1680. The Kier molecular flexibility index (Phi) is 9.96. The van der Waals surface area contributed by atoms with Crippen molar-refractivity contribution in [2.45, 2.75) is 31.0 Å². The quantitative estimate of drug-likeness (QED) is 0.174. The molecule has 2 heterocycles. The van der Waals surface area contributed by atoms with Crippen LogP contribution < -0.4 is 20.7 Å². The van der Waals surface area contributed by atoms with Gasteiger partial charge in [0.1, 0.15) is 23.2 Å². The molecule has 236 valence electrons. The molecule has 5 atom stereocenters. The Balaban J connectivity index is 1.62. The number of H-pyrrole nitrogens is 1. The summed E-state index contributed by atoms with van der Waals surface area (Å²) in [7, 11) is 2.05. The average Bonchev–Trinajstić information content (AvgIpc) is 3.40. The number of nitrogens with zero attached hydrogens (tertiary/aromatic N) is 1. The second-order valence-electron chi connectivity index (χ2n) is 10.8. The summed E-state index contributed by atoms with van der Waals surface area (Å²) in [6.45, 7) is 1.53. The fourth-order valence-electron chi connectivity index (χ4n) is 5.92. The molecule has 0 aliphatic carbocycles. The zero-order valence-electron chi connectivity index (χ0n) is 25.4. The maximum atomic E-state index is 12.9. The summed E-state index contributed by atoms with van der Waals surface area (Å²) in [5, 5.41) is 0. The summed E-state index contributed by atoms with van der Waals surface area (Å²) in [6, 6.07) is 24.8. The van der Waals surface area contributed by atoms with Crippen molar-refractivity contribution in [3.63, 3.8) is 0 Å². The number of nitrogens with one attached hydrogen (secondary N) is 1. The van der Waals surface area contributed by atoms with Crippen LogP contribution in [0.1, 0.15) is 28.5 Å². The maximum Gasteiger partial charge on any atom is 0.505 e. The summed E-state index contributed by atoms with van der Waals surface area (Å²) < 4.78 is 43.5. The highest BCUT2D eigenvalue weighted by atomic mass is 31.1. The molecule has 0 bridgehead atoms. The minimum absolute atomic E-state index is 0.0474. The lowest BCUT2D eigenvalue weighted by Crippen LogP contribution is -2.39. The highest BCUT2D eigenvalue weighted by Crippen LogP contribution is 2.44. The van der Waals surface area contributed by atoms with Crippen molar-refractivity contribution in [3.8, 4) is 11.5 Å². The van der Waals surface area contributed by atoms with Crippen LogP contribution in [-0.4, -0.2) is 60.8 Å². The van der Waals surface area contributed by atoms with Crippen LogP contribution in [0.4, 0.5) is 0 Å². The molecule has 1 saturated heterocycles. The van der Waals surface area contributed by atoms with Crippen molar-refractivity contribution in [1.29, 1.82) is 0 Å². The van der Waals surface area contributed by atoms with Gasteiger partial charge in [-0.25, -0.2) is 4.79 Å². The molecule has 11 nitrogen and oxygen atoms in total. The van der Waals surface area contributed by atoms with Crippen molar-refractivity contribution in [3.05, 3.63) is 128 Å². The van der Waals surface area contributed by atoms with Gasteiger partial charge in [0.2, 0.25) is 0 Å². The standard InChI is InChI=1S/C33H35N2O9P/c1-21-18-35(32(37)34-30(21)36)31-29(42-4)27(20-45(38)39)28(44-31)19-43-33(22-8-6-5-7-9-22,23-10-14-25(40-2)15-11-23)24-12-16-26(41-3)17-13-24/h5-18,27-29,31H,19-20H2,1-4H3,(H-,34,36,37,38,39)/p+1/t27-,28-,29-,31-/m1/s1. The van der Waals surface area contributed by atoms with Crippen LogP contribution in [0.25, 0.3) is 0 Å². The molecule has 4 aromatic rings. The summed E-state index contributed by atoms with van der Waals surface area (Å²) in [6.07, 6.45) is -1.30. The summed E-state index contributed by atoms with van der Waals surface area (Å²) >= 11 is 0. The first kappa shape index (κ1) is 32.3. The topological polar surface area (TPSA) is 138 Å². The molecule has 0 spiro atoms. The molecule has 0 saturated carbocycles. The van der Waals surface area contributed by atoms with E-state index in [1.165, 1.54) is 17.9 Å². The van der Waals surface area contributed by atoms with Crippen molar-refractivity contribution in [2.75, 3.05) is 34.1 Å². The number of aromatic amines is 1. The first-order chi connectivity index (χ1) is 21.7. The van der Waals surface area contributed by atoms with E-state index in [1.807, 2.05) is 78.9 Å². The minimum atomic E-state index is -2.60. The van der Waals surface area contributed by atoms with Crippen molar-refractivity contribution < 1.29 is 33.1 Å². The molecule has 45 heavy (non-hydrogen) atoms. The molecule has 1 aromatic heterocycles. The van der Waals surface area contributed by atoms with E-state index in [0.29, 0.717) is 17.1 Å². The van der Waals surface area contributed by atoms with Gasteiger partial charge in [0.05, 0.1) is 32.8 Å². The maximum absolute atomic E-state index is 12.9. The lowest BCUT2D eigenvalue weighted by molar-refractivity contribution is -0.0926. The Labute approximate surface area is 261 Å². The molecule has 5 rings (SSSR count). The van der Waals surface area contributed by atoms with E-state index in [2.05, 4.69) is 4.98 Å². The first-order valence-electron chi connectivity index (χ1n) is 14.3. The van der Waals surface area contributed by atoms with E-state index in [1.54, 1.807) is 21.1 Å². The van der Waals surface area contributed by atoms with Gasteiger partial charge in [0.15, 0.2) is 12.4 Å². The molecule has 1 aliphatic rings. The van der Waals surface area contributed by atoms with Gasteiger partial charge in [0.25, 0.3) is 5.56 Å². The molecule has 2 N–H and O–H groups in total. The third-order valence-corrected chi connectivity index (χ3v) is 8.93. The van der Waals surface area contributed by atoms with Crippen LogP contribution in [0.2, 0.25) is 0 Å². The highest BCUT2D eigenvalue weighted by Gasteiger charge is 2.51. The van der Waals surface area contributed by atoms with Gasteiger partial charge in [-0.05, 0) is 52.4 Å². The highest BCUT2D eigenvalue weighted by molar-refractivity contribution is 7.38. The SMILES string of the molecule is COc1ccc(C(OC[C@H]2O[C@@H](n3cc(C)c(=O)[nH]c3=O)[C@H](OC)[C@@H]2C[P+](=O)O)(c2ccccc2)c2ccc(OC)cc2)cc1. The molecule has 1 aliphatic heterocycles. The largest absolute Gasteiger partial charge is 0.505 e. The van der Waals surface area contributed by atoms with E-state index in [-0.39, 0.29) is 12.8 Å². The fourth-order valence-corrected chi connectivity index (χ4v) is 6.72. The van der Waals surface area contributed by atoms with Gasteiger partial charge in [-0.1, -0.05) is 54.6 Å². The first-order valence-corrected chi connectivity index (χ1v) is 15.7.